The molecule has 0 bridgehead atoms. The number of hydrogen-bond donors (Lipinski definition) is 3. The Labute approximate surface area is 270 Å². The summed E-state index contributed by atoms with van der Waals surface area (Å²) in [6.07, 6.45) is 11.6. The lowest BCUT2D eigenvalue weighted by Gasteiger charge is -2.40. The van der Waals surface area contributed by atoms with Gasteiger partial charge in [-0.15, -0.1) is 23.2 Å². The topological polar surface area (TPSA) is 200 Å². The Hall–Kier alpha value is 0.530. The largest absolute Gasteiger partial charge is 0.412 e. The van der Waals surface area contributed by atoms with Gasteiger partial charge in [-0.2, -0.15) is 0 Å². The predicted molar refractivity (Wildman–Crippen MR) is 183 cm³/mol. The van der Waals surface area contributed by atoms with Crippen LogP contribution in [0.2, 0.25) is 0 Å². The smallest absolute Gasteiger partial charge is 0.0817 e. The molecular formula is C29H67Cl2N5O5S. The van der Waals surface area contributed by atoms with Crippen molar-refractivity contribution in [2.45, 2.75) is 101 Å². The van der Waals surface area contributed by atoms with Crippen molar-refractivity contribution in [2.75, 3.05) is 53.0 Å². The Morgan fingerprint density at radius 3 is 1.93 bits per heavy atom. The van der Waals surface area contributed by atoms with Gasteiger partial charge in [-0.25, -0.2) is 0 Å². The number of rotatable bonds is 11. The second kappa shape index (κ2) is 23.8. The summed E-state index contributed by atoms with van der Waals surface area (Å²) in [5.41, 5.74) is 0. The highest BCUT2D eigenvalue weighted by Crippen LogP contribution is 2.37. The van der Waals surface area contributed by atoms with E-state index in [1.807, 2.05) is 11.9 Å². The van der Waals surface area contributed by atoms with E-state index in [2.05, 4.69) is 46.1 Å². The molecule has 0 spiro atoms. The number of halogens is 2. The van der Waals surface area contributed by atoms with Crippen LogP contribution in [-0.4, -0.2) is 112 Å². The summed E-state index contributed by atoms with van der Waals surface area (Å²) >= 11 is 15.0. The maximum Gasteiger partial charge on any atom is 0.0817 e. The van der Waals surface area contributed by atoms with Gasteiger partial charge in [0.2, 0.25) is 0 Å². The van der Waals surface area contributed by atoms with Crippen LogP contribution in [-0.2, 0) is 0 Å². The molecule has 13 heteroatoms. The van der Waals surface area contributed by atoms with E-state index in [9.17, 15) is 0 Å². The molecule has 10 nitrogen and oxygen atoms in total. The highest BCUT2D eigenvalue weighted by Gasteiger charge is 2.32. The number of likely N-dealkylation sites (tertiary alicyclic amines) is 1. The lowest BCUT2D eigenvalue weighted by molar-refractivity contribution is 0.112. The van der Waals surface area contributed by atoms with Gasteiger partial charge in [0.25, 0.3) is 0 Å². The van der Waals surface area contributed by atoms with Crippen molar-refractivity contribution in [1.29, 1.82) is 0 Å². The van der Waals surface area contributed by atoms with Crippen LogP contribution in [0.15, 0.2) is 0 Å². The number of alkyl halides is 2. The first-order valence-corrected chi connectivity index (χ1v) is 16.6. The van der Waals surface area contributed by atoms with Gasteiger partial charge in [-0.05, 0) is 114 Å². The van der Waals surface area contributed by atoms with Crippen LogP contribution in [0.5, 0.6) is 0 Å². The van der Waals surface area contributed by atoms with Gasteiger partial charge >= 0.3 is 0 Å². The fourth-order valence-electron chi connectivity index (χ4n) is 7.10. The van der Waals surface area contributed by atoms with Crippen molar-refractivity contribution in [3.8, 4) is 0 Å². The third-order valence-corrected chi connectivity index (χ3v) is 11.2. The highest BCUT2D eigenvalue weighted by atomic mass is 35.5. The molecular weight excluding hydrogens is 601 g/mol. The molecule has 2 aliphatic carbocycles. The number of hydrogen-bond acceptors (Lipinski definition) is 6. The van der Waals surface area contributed by atoms with Crippen molar-refractivity contribution < 1.29 is 27.4 Å². The SMILES string of the molecule is C.CC(C)[C@H](CN1CCC(C2CCC(Cl)CC2)CC1)NCC1CC(Cl)CC(CNSC2CN(C)CN2)C1.O.O.O.O.O. The van der Waals surface area contributed by atoms with E-state index >= 15 is 0 Å². The van der Waals surface area contributed by atoms with Crippen LogP contribution >= 0.6 is 35.1 Å². The molecule has 0 aromatic carbocycles. The summed E-state index contributed by atoms with van der Waals surface area (Å²) in [6, 6.07) is 0.571. The predicted octanol–water partition coefficient (Wildman–Crippen LogP) is 1.70. The second-order valence-electron chi connectivity index (χ2n) is 12.8. The Morgan fingerprint density at radius 2 is 1.38 bits per heavy atom. The minimum atomic E-state index is 0. The van der Waals surface area contributed by atoms with E-state index in [1.54, 1.807) is 0 Å². The fraction of sp³-hybridized carbons (Fsp3) is 1.00. The zero-order valence-corrected chi connectivity index (χ0v) is 27.9. The average molecular weight is 669 g/mol. The number of nitrogens with one attached hydrogen (secondary N) is 3. The van der Waals surface area contributed by atoms with Gasteiger partial charge in [-0.3, -0.25) is 14.9 Å². The van der Waals surface area contributed by atoms with E-state index in [-0.39, 0.29) is 34.8 Å². The van der Waals surface area contributed by atoms with Crippen LogP contribution in [0, 0.1) is 29.6 Å². The third kappa shape index (κ3) is 15.2. The molecule has 4 fully saturated rings. The molecule has 258 valence electrons. The van der Waals surface area contributed by atoms with Gasteiger partial charge in [0.05, 0.1) is 5.37 Å². The minimum absolute atomic E-state index is 0. The fourth-order valence-corrected chi connectivity index (χ4v) is 8.87. The van der Waals surface area contributed by atoms with E-state index < -0.39 is 0 Å². The lowest BCUT2D eigenvalue weighted by Crippen LogP contribution is -2.49. The molecule has 0 aromatic rings. The van der Waals surface area contributed by atoms with Crippen LogP contribution < -0.4 is 15.4 Å². The summed E-state index contributed by atoms with van der Waals surface area (Å²) in [5, 5.41) is 8.81. The molecule has 4 rings (SSSR count). The molecule has 2 aliphatic heterocycles. The summed E-state index contributed by atoms with van der Waals surface area (Å²) in [5.74, 6) is 3.91. The first kappa shape index (κ1) is 46.9. The maximum atomic E-state index is 6.75. The van der Waals surface area contributed by atoms with Crippen molar-refractivity contribution in [2.24, 2.45) is 29.6 Å². The van der Waals surface area contributed by atoms with E-state index in [0.29, 0.717) is 39.9 Å². The highest BCUT2D eigenvalue weighted by molar-refractivity contribution is 7.98. The summed E-state index contributed by atoms with van der Waals surface area (Å²) in [4.78, 5) is 5.07. The quantitative estimate of drug-likeness (QED) is 0.221. The van der Waals surface area contributed by atoms with Gasteiger partial charge in [0.1, 0.15) is 0 Å². The van der Waals surface area contributed by atoms with Gasteiger partial charge in [0.15, 0.2) is 0 Å². The summed E-state index contributed by atoms with van der Waals surface area (Å²) in [7, 11) is 2.17. The van der Waals surface area contributed by atoms with Crippen molar-refractivity contribution >= 4 is 35.1 Å². The molecule has 2 saturated carbocycles. The molecule has 4 aliphatic rings. The van der Waals surface area contributed by atoms with Crippen LogP contribution in [0.3, 0.4) is 0 Å². The average Bonchev–Trinajstić information content (AvgIpc) is 3.27. The van der Waals surface area contributed by atoms with Crippen molar-refractivity contribution in [3.63, 3.8) is 0 Å². The Morgan fingerprint density at radius 1 is 0.810 bits per heavy atom. The first-order valence-electron chi connectivity index (χ1n) is 14.9. The monoisotopic (exact) mass is 667 g/mol. The Bertz CT molecular complexity index is 650. The first-order chi connectivity index (χ1) is 17.4. The minimum Gasteiger partial charge on any atom is -0.412 e. The standard InChI is InChI=1S/C28H53Cl2N5S.CH4.5H2O/c1-20(2)27(17-35-10-8-24(9-11-35)23-4-6-25(29)7-5-23)31-15-21-12-22(14-26(30)13-21)16-33-36-28-18-34(3)19-32-28;;;;;;/h20-28,31-33H,4-19H2,1-3H3;1H4;5*1H2/t21?,22?,23?,25?,26?,27-,28?;;;;;;/m0....../s1. The second-order valence-corrected chi connectivity index (χ2v) is 15.1. The Balaban J connectivity index is -0.00000253. The third-order valence-electron chi connectivity index (χ3n) is 9.44. The maximum absolute atomic E-state index is 6.75. The molecule has 0 radical (unpaired) electrons. The molecule has 5 atom stereocenters. The normalized spacial score (nSPS) is 31.3. The van der Waals surface area contributed by atoms with Crippen LogP contribution in [0.4, 0.5) is 0 Å². The van der Waals surface area contributed by atoms with Crippen LogP contribution in [0.1, 0.15) is 79.1 Å². The molecule has 13 N–H and O–H groups in total. The molecule has 0 amide bonds. The van der Waals surface area contributed by atoms with Gasteiger partial charge in [0, 0.05) is 43.1 Å². The number of likely N-dealkylation sites (N-methyl/N-ethyl adjacent to an activating group) is 1. The van der Waals surface area contributed by atoms with Gasteiger partial charge in [-0.1, -0.05) is 33.2 Å². The molecule has 0 aromatic heterocycles. The molecule has 2 heterocycles. The number of nitrogens with zero attached hydrogens (tertiary/aromatic N) is 2. The molecule has 4 unspecified atom stereocenters. The van der Waals surface area contributed by atoms with Crippen molar-refractivity contribution in [1.82, 2.24) is 25.2 Å². The van der Waals surface area contributed by atoms with E-state index in [0.717, 1.165) is 51.0 Å². The number of piperidine rings is 1. The zero-order valence-electron chi connectivity index (χ0n) is 25.6. The van der Waals surface area contributed by atoms with Crippen molar-refractivity contribution in [3.05, 3.63) is 0 Å². The summed E-state index contributed by atoms with van der Waals surface area (Å²) in [6.45, 7) is 12.8. The Kier molecular flexibility index (Phi) is 26.6. The van der Waals surface area contributed by atoms with E-state index in [1.165, 1.54) is 64.6 Å². The zero-order chi connectivity index (χ0) is 25.5. The van der Waals surface area contributed by atoms with E-state index in [4.69, 9.17) is 23.2 Å². The lowest BCUT2D eigenvalue weighted by atomic mass is 9.75. The molecule has 42 heavy (non-hydrogen) atoms. The van der Waals surface area contributed by atoms with Crippen LogP contribution in [0.25, 0.3) is 0 Å². The van der Waals surface area contributed by atoms with Gasteiger partial charge < -0.3 is 37.6 Å². The summed E-state index contributed by atoms with van der Waals surface area (Å²) < 4.78 is 3.66. The molecule has 2 saturated heterocycles.